The van der Waals surface area contributed by atoms with Crippen LogP contribution in [-0.4, -0.2) is 5.84 Å². The molecule has 19 heavy (non-hydrogen) atoms. The lowest BCUT2D eigenvalue weighted by molar-refractivity contribution is 0.300. The van der Waals surface area contributed by atoms with Crippen LogP contribution in [0.2, 0.25) is 5.02 Å². The Bertz CT molecular complexity index is 599. The molecule has 0 aliphatic heterocycles. The maximum Gasteiger partial charge on any atom is 0.129 e. The van der Waals surface area contributed by atoms with E-state index >= 15 is 0 Å². The average molecular weight is 279 g/mol. The van der Waals surface area contributed by atoms with Crippen LogP contribution in [0.3, 0.4) is 0 Å². The minimum atomic E-state index is -0.357. The lowest BCUT2D eigenvalue weighted by Gasteiger charge is -2.08. The minimum absolute atomic E-state index is 0.00700. The summed E-state index contributed by atoms with van der Waals surface area (Å²) in [6.07, 6.45) is 0. The van der Waals surface area contributed by atoms with E-state index in [1.165, 1.54) is 18.2 Å². The topological polar surface area (TPSA) is 59.1 Å². The molecule has 0 bridgehead atoms. The molecule has 0 atom stereocenters. The van der Waals surface area contributed by atoms with Gasteiger partial charge in [-0.05, 0) is 42.5 Å². The van der Waals surface area contributed by atoms with Crippen molar-refractivity contribution in [1.29, 1.82) is 5.41 Å². The molecule has 5 heteroatoms. The van der Waals surface area contributed by atoms with Crippen molar-refractivity contribution >= 4 is 17.4 Å². The number of nitrogens with two attached hydrogens (primary N) is 1. The third-order valence-electron chi connectivity index (χ3n) is 2.57. The van der Waals surface area contributed by atoms with E-state index in [2.05, 4.69) is 0 Å². The Morgan fingerprint density at radius 3 is 2.53 bits per heavy atom. The molecule has 3 nitrogen and oxygen atoms in total. The van der Waals surface area contributed by atoms with E-state index in [1.54, 1.807) is 24.3 Å². The number of nitrogens with one attached hydrogen (secondary N) is 1. The maximum absolute atomic E-state index is 13.5. The molecule has 0 spiro atoms. The summed E-state index contributed by atoms with van der Waals surface area (Å²) in [5, 5.41) is 7.73. The summed E-state index contributed by atoms with van der Waals surface area (Å²) in [7, 11) is 0. The molecule has 2 aromatic rings. The second kappa shape index (κ2) is 5.71. The zero-order valence-electron chi connectivity index (χ0n) is 9.99. The van der Waals surface area contributed by atoms with Crippen LogP contribution in [0.25, 0.3) is 0 Å². The average Bonchev–Trinajstić information content (AvgIpc) is 2.40. The molecule has 0 unspecified atom stereocenters. The smallest absolute Gasteiger partial charge is 0.129 e. The number of rotatable bonds is 4. The lowest BCUT2D eigenvalue weighted by atomic mass is 10.2. The minimum Gasteiger partial charge on any atom is -0.489 e. The highest BCUT2D eigenvalue weighted by Crippen LogP contribution is 2.18. The fourth-order valence-corrected chi connectivity index (χ4v) is 1.74. The van der Waals surface area contributed by atoms with Crippen molar-refractivity contribution in [3.05, 3.63) is 64.4 Å². The fraction of sp³-hybridized carbons (Fsp3) is 0.0714. The van der Waals surface area contributed by atoms with E-state index in [1.807, 2.05) is 0 Å². The van der Waals surface area contributed by atoms with E-state index in [-0.39, 0.29) is 18.3 Å². The van der Waals surface area contributed by atoms with Crippen molar-refractivity contribution < 1.29 is 9.13 Å². The van der Waals surface area contributed by atoms with Crippen LogP contribution >= 0.6 is 11.6 Å². The van der Waals surface area contributed by atoms with Crippen molar-refractivity contribution in [3.63, 3.8) is 0 Å². The fourth-order valence-electron chi connectivity index (χ4n) is 1.55. The standard InChI is InChI=1S/C14H12ClFN2O/c15-11-3-6-13(16)10(7-11)8-19-12-4-1-9(2-5-12)14(17)18/h1-7H,8H2,(H3,17,18). The SMILES string of the molecule is N=C(N)c1ccc(OCc2cc(Cl)ccc2F)cc1. The van der Waals surface area contributed by atoms with Crippen molar-refractivity contribution in [2.75, 3.05) is 0 Å². The monoisotopic (exact) mass is 278 g/mol. The van der Waals surface area contributed by atoms with Gasteiger partial charge >= 0.3 is 0 Å². The summed E-state index contributed by atoms with van der Waals surface area (Å²) in [5.74, 6) is 0.210. The van der Waals surface area contributed by atoms with Gasteiger partial charge in [-0.1, -0.05) is 11.6 Å². The van der Waals surface area contributed by atoms with E-state index in [9.17, 15) is 4.39 Å². The van der Waals surface area contributed by atoms with E-state index < -0.39 is 0 Å². The predicted octanol–water partition coefficient (Wildman–Crippen LogP) is 3.34. The van der Waals surface area contributed by atoms with Crippen LogP contribution in [0.15, 0.2) is 42.5 Å². The number of nitrogen functional groups attached to an aromatic ring is 1. The molecule has 0 aromatic heterocycles. The normalized spacial score (nSPS) is 10.2. The van der Waals surface area contributed by atoms with Crippen LogP contribution in [0.1, 0.15) is 11.1 Å². The van der Waals surface area contributed by atoms with Gasteiger partial charge in [0.2, 0.25) is 0 Å². The van der Waals surface area contributed by atoms with Crippen molar-refractivity contribution in [3.8, 4) is 5.75 Å². The quantitative estimate of drug-likeness (QED) is 0.666. The Labute approximate surface area is 115 Å². The van der Waals surface area contributed by atoms with Gasteiger partial charge in [0, 0.05) is 16.1 Å². The third kappa shape index (κ3) is 3.45. The Kier molecular flexibility index (Phi) is 4.02. The first-order valence-corrected chi connectivity index (χ1v) is 5.95. The highest BCUT2D eigenvalue weighted by molar-refractivity contribution is 6.30. The lowest BCUT2D eigenvalue weighted by Crippen LogP contribution is -2.10. The summed E-state index contributed by atoms with van der Waals surface area (Å²) in [6, 6.07) is 11.0. The summed E-state index contributed by atoms with van der Waals surface area (Å²) in [4.78, 5) is 0. The number of halogens is 2. The predicted molar refractivity (Wildman–Crippen MR) is 73.2 cm³/mol. The van der Waals surface area contributed by atoms with E-state index in [0.717, 1.165) is 0 Å². The second-order valence-electron chi connectivity index (χ2n) is 3.96. The molecule has 0 saturated carbocycles. The molecule has 98 valence electrons. The number of hydrogen-bond acceptors (Lipinski definition) is 2. The maximum atomic E-state index is 13.5. The summed E-state index contributed by atoms with van der Waals surface area (Å²) in [6.45, 7) is 0.0891. The summed E-state index contributed by atoms with van der Waals surface area (Å²) < 4.78 is 18.9. The highest BCUT2D eigenvalue weighted by Gasteiger charge is 2.04. The van der Waals surface area contributed by atoms with E-state index in [4.69, 9.17) is 27.5 Å². The Morgan fingerprint density at radius 2 is 1.89 bits per heavy atom. The molecule has 0 amide bonds. The third-order valence-corrected chi connectivity index (χ3v) is 2.80. The molecule has 0 saturated heterocycles. The van der Waals surface area contributed by atoms with Gasteiger partial charge in [-0.3, -0.25) is 5.41 Å². The molecule has 0 aliphatic carbocycles. The number of amidine groups is 1. The van der Waals surface area contributed by atoms with Gasteiger partial charge in [0.25, 0.3) is 0 Å². The zero-order valence-corrected chi connectivity index (χ0v) is 10.7. The van der Waals surface area contributed by atoms with Crippen LogP contribution in [0.5, 0.6) is 5.75 Å². The summed E-state index contributed by atoms with van der Waals surface area (Å²) in [5.41, 5.74) is 6.35. The van der Waals surface area contributed by atoms with Gasteiger partial charge in [0.1, 0.15) is 24.0 Å². The van der Waals surface area contributed by atoms with Crippen molar-refractivity contribution in [2.45, 2.75) is 6.61 Å². The zero-order chi connectivity index (χ0) is 13.8. The molecule has 0 fully saturated rings. The Hall–Kier alpha value is -2.07. The van der Waals surface area contributed by atoms with Crippen LogP contribution < -0.4 is 10.5 Å². The molecule has 2 aromatic carbocycles. The van der Waals surface area contributed by atoms with Crippen LogP contribution in [0, 0.1) is 11.2 Å². The molecular formula is C14H12ClFN2O. The van der Waals surface area contributed by atoms with Gasteiger partial charge < -0.3 is 10.5 Å². The Morgan fingerprint density at radius 1 is 1.21 bits per heavy atom. The van der Waals surface area contributed by atoms with Gasteiger partial charge in [0.05, 0.1) is 0 Å². The molecule has 0 radical (unpaired) electrons. The molecule has 0 aliphatic rings. The van der Waals surface area contributed by atoms with Crippen molar-refractivity contribution in [1.82, 2.24) is 0 Å². The van der Waals surface area contributed by atoms with Gasteiger partial charge in [-0.15, -0.1) is 0 Å². The molecular weight excluding hydrogens is 267 g/mol. The number of hydrogen-bond donors (Lipinski definition) is 2. The van der Waals surface area contributed by atoms with Gasteiger partial charge in [-0.2, -0.15) is 0 Å². The Balaban J connectivity index is 2.06. The van der Waals surface area contributed by atoms with Crippen LogP contribution in [-0.2, 0) is 6.61 Å². The van der Waals surface area contributed by atoms with E-state index in [0.29, 0.717) is 21.9 Å². The first-order valence-electron chi connectivity index (χ1n) is 5.57. The second-order valence-corrected chi connectivity index (χ2v) is 4.40. The first-order chi connectivity index (χ1) is 9.06. The largest absolute Gasteiger partial charge is 0.489 e. The van der Waals surface area contributed by atoms with Crippen molar-refractivity contribution in [2.24, 2.45) is 5.73 Å². The number of benzene rings is 2. The van der Waals surface area contributed by atoms with Gasteiger partial charge in [-0.25, -0.2) is 4.39 Å². The number of ether oxygens (including phenoxy) is 1. The molecule has 2 rings (SSSR count). The van der Waals surface area contributed by atoms with Gasteiger partial charge in [0.15, 0.2) is 0 Å². The van der Waals surface area contributed by atoms with Crippen LogP contribution in [0.4, 0.5) is 4.39 Å². The molecule has 0 heterocycles. The summed E-state index contributed by atoms with van der Waals surface area (Å²) >= 11 is 5.79. The highest BCUT2D eigenvalue weighted by atomic mass is 35.5. The molecule has 3 N–H and O–H groups in total. The first kappa shape index (κ1) is 13.4.